The third-order valence-corrected chi connectivity index (χ3v) is 5.00. The van der Waals surface area contributed by atoms with Gasteiger partial charge in [0.15, 0.2) is 17.5 Å². The number of aromatic amines is 1. The van der Waals surface area contributed by atoms with Gasteiger partial charge in [-0.3, -0.25) is 0 Å². The van der Waals surface area contributed by atoms with Crippen LogP contribution in [0.1, 0.15) is 22.9 Å². The first-order valence-corrected chi connectivity index (χ1v) is 8.49. The Hall–Kier alpha value is -2.66. The number of fused-ring (bicyclic) bond motifs is 3. The van der Waals surface area contributed by atoms with Gasteiger partial charge in [-0.25, -0.2) is 0 Å². The summed E-state index contributed by atoms with van der Waals surface area (Å²) in [6.07, 6.45) is 1.07. The molecule has 25 heavy (non-hydrogen) atoms. The van der Waals surface area contributed by atoms with Crippen LogP contribution in [0.25, 0.3) is 10.9 Å². The molecule has 0 fully saturated rings. The summed E-state index contributed by atoms with van der Waals surface area (Å²) in [4.78, 5) is 3.62. The number of para-hydroxylation sites is 1. The van der Waals surface area contributed by atoms with Gasteiger partial charge in [-0.2, -0.15) is 0 Å². The Kier molecular flexibility index (Phi) is 4.01. The number of rotatable bonds is 4. The molecule has 1 atom stereocenters. The van der Waals surface area contributed by atoms with Crippen molar-refractivity contribution in [2.24, 2.45) is 0 Å². The summed E-state index contributed by atoms with van der Waals surface area (Å²) in [5, 5.41) is 3.68. The number of methoxy groups -OCH3 is 3. The Bertz CT molecular complexity index is 891. The molecule has 130 valence electrons. The summed E-state index contributed by atoms with van der Waals surface area (Å²) < 4.78 is 16.5. The van der Waals surface area contributed by atoms with Crippen LogP contribution in [0.5, 0.6) is 17.2 Å². The Morgan fingerprint density at radius 3 is 2.40 bits per heavy atom. The average molecular weight is 339 g/mol. The highest BCUT2D eigenvalue weighted by Gasteiger charge is 2.30. The number of ether oxygens (including phenoxy) is 3. The van der Waals surface area contributed by atoms with E-state index in [1.54, 1.807) is 21.3 Å². The van der Waals surface area contributed by atoms with Gasteiger partial charge in [0.05, 0.1) is 33.6 Å². The predicted octanol–water partition coefficient (Wildman–Crippen LogP) is 2.40. The van der Waals surface area contributed by atoms with Crippen LogP contribution >= 0.6 is 0 Å². The number of quaternary nitrogens is 1. The van der Waals surface area contributed by atoms with Gasteiger partial charge in [0.1, 0.15) is 0 Å². The van der Waals surface area contributed by atoms with Crippen LogP contribution in [0, 0.1) is 0 Å². The lowest BCUT2D eigenvalue weighted by atomic mass is 9.94. The summed E-state index contributed by atoms with van der Waals surface area (Å²) >= 11 is 0. The van der Waals surface area contributed by atoms with E-state index in [4.69, 9.17) is 14.2 Å². The molecule has 0 radical (unpaired) electrons. The molecule has 0 aliphatic carbocycles. The Morgan fingerprint density at radius 1 is 1.00 bits per heavy atom. The molecule has 0 unspecified atom stereocenters. The van der Waals surface area contributed by atoms with Crippen LogP contribution in [-0.2, 0) is 6.42 Å². The van der Waals surface area contributed by atoms with Crippen molar-refractivity contribution in [3.05, 3.63) is 53.2 Å². The maximum atomic E-state index is 5.53. The Labute approximate surface area is 146 Å². The summed E-state index contributed by atoms with van der Waals surface area (Å²) in [5.41, 5.74) is 5.01. The van der Waals surface area contributed by atoms with E-state index in [2.05, 4.69) is 34.6 Å². The molecule has 0 amide bonds. The van der Waals surface area contributed by atoms with Crippen molar-refractivity contribution in [1.82, 2.24) is 4.98 Å². The molecule has 2 heterocycles. The number of H-pyrrole nitrogens is 1. The van der Waals surface area contributed by atoms with Crippen molar-refractivity contribution in [2.45, 2.75) is 12.5 Å². The average Bonchev–Trinajstić information content (AvgIpc) is 3.05. The van der Waals surface area contributed by atoms with Gasteiger partial charge in [-0.15, -0.1) is 0 Å². The van der Waals surface area contributed by atoms with Crippen LogP contribution in [-0.4, -0.2) is 32.9 Å². The smallest absolute Gasteiger partial charge is 0.203 e. The second-order valence-electron chi connectivity index (χ2n) is 6.27. The summed E-state index contributed by atoms with van der Waals surface area (Å²) in [7, 11) is 4.93. The highest BCUT2D eigenvalue weighted by atomic mass is 16.5. The number of nitrogens with two attached hydrogens (primary N) is 1. The molecule has 1 aliphatic heterocycles. The topological polar surface area (TPSA) is 60.1 Å². The fourth-order valence-corrected chi connectivity index (χ4v) is 3.85. The van der Waals surface area contributed by atoms with E-state index in [9.17, 15) is 0 Å². The maximum absolute atomic E-state index is 5.53. The van der Waals surface area contributed by atoms with Crippen molar-refractivity contribution in [3.8, 4) is 17.2 Å². The van der Waals surface area contributed by atoms with Gasteiger partial charge in [0, 0.05) is 22.9 Å². The summed E-state index contributed by atoms with van der Waals surface area (Å²) in [5.74, 6) is 2.00. The van der Waals surface area contributed by atoms with E-state index < -0.39 is 0 Å². The molecule has 2 aromatic carbocycles. The van der Waals surface area contributed by atoms with E-state index in [-0.39, 0.29) is 6.04 Å². The van der Waals surface area contributed by atoms with E-state index in [1.165, 1.54) is 22.2 Å². The number of nitrogens with one attached hydrogen (secondary N) is 1. The van der Waals surface area contributed by atoms with Crippen LogP contribution in [0.4, 0.5) is 0 Å². The zero-order chi connectivity index (χ0) is 17.4. The van der Waals surface area contributed by atoms with E-state index in [0.29, 0.717) is 17.2 Å². The van der Waals surface area contributed by atoms with Crippen molar-refractivity contribution < 1.29 is 19.5 Å². The third kappa shape index (κ3) is 2.51. The van der Waals surface area contributed by atoms with Crippen molar-refractivity contribution >= 4 is 10.9 Å². The van der Waals surface area contributed by atoms with Gasteiger partial charge in [-0.05, 0) is 23.8 Å². The van der Waals surface area contributed by atoms with Crippen LogP contribution in [0.2, 0.25) is 0 Å². The van der Waals surface area contributed by atoms with Gasteiger partial charge in [0.25, 0.3) is 0 Å². The number of hydrogen-bond acceptors (Lipinski definition) is 3. The molecule has 0 saturated carbocycles. The minimum absolute atomic E-state index is 0.185. The van der Waals surface area contributed by atoms with Gasteiger partial charge in [-0.1, -0.05) is 18.2 Å². The number of aromatic nitrogens is 1. The lowest BCUT2D eigenvalue weighted by Crippen LogP contribution is -2.87. The first-order valence-electron chi connectivity index (χ1n) is 8.49. The minimum Gasteiger partial charge on any atom is -0.493 e. The molecule has 5 nitrogen and oxygen atoms in total. The second kappa shape index (κ2) is 6.33. The predicted molar refractivity (Wildman–Crippen MR) is 96.7 cm³/mol. The fraction of sp³-hybridized carbons (Fsp3) is 0.300. The number of hydrogen-bond donors (Lipinski definition) is 2. The fourth-order valence-electron chi connectivity index (χ4n) is 3.85. The van der Waals surface area contributed by atoms with Crippen molar-refractivity contribution in [1.29, 1.82) is 0 Å². The van der Waals surface area contributed by atoms with E-state index in [1.807, 2.05) is 12.1 Å². The zero-order valence-corrected chi connectivity index (χ0v) is 14.8. The Morgan fingerprint density at radius 2 is 1.72 bits per heavy atom. The first kappa shape index (κ1) is 15.8. The maximum Gasteiger partial charge on any atom is 0.203 e. The van der Waals surface area contributed by atoms with Gasteiger partial charge < -0.3 is 24.5 Å². The molecule has 3 N–H and O–H groups in total. The molecule has 4 rings (SSSR count). The van der Waals surface area contributed by atoms with Crippen LogP contribution in [0.15, 0.2) is 36.4 Å². The van der Waals surface area contributed by atoms with Crippen LogP contribution < -0.4 is 19.5 Å². The quantitative estimate of drug-likeness (QED) is 0.767. The SMILES string of the molecule is COc1cc([C@@H]2[NH2+]CCc3c2[nH]c2ccccc32)cc(OC)c1OC. The van der Waals surface area contributed by atoms with E-state index in [0.717, 1.165) is 18.5 Å². The minimum atomic E-state index is 0.185. The van der Waals surface area contributed by atoms with Crippen molar-refractivity contribution in [3.63, 3.8) is 0 Å². The monoisotopic (exact) mass is 339 g/mol. The highest BCUT2D eigenvalue weighted by molar-refractivity contribution is 5.85. The molecule has 0 saturated heterocycles. The highest BCUT2D eigenvalue weighted by Crippen LogP contribution is 2.41. The lowest BCUT2D eigenvalue weighted by molar-refractivity contribution is -0.690. The second-order valence-corrected chi connectivity index (χ2v) is 6.27. The molecule has 1 aliphatic rings. The Balaban J connectivity index is 1.87. The molecular weight excluding hydrogens is 316 g/mol. The third-order valence-electron chi connectivity index (χ3n) is 5.00. The largest absolute Gasteiger partial charge is 0.493 e. The molecule has 1 aromatic heterocycles. The van der Waals surface area contributed by atoms with Gasteiger partial charge in [0.2, 0.25) is 5.75 Å². The standard InChI is InChI=1S/C20H22N2O3/c1-23-16-10-12(11-17(24-2)20(16)25-3)18-19-14(8-9-21-18)13-6-4-5-7-15(13)22-19/h4-7,10-11,18,21-22H,8-9H2,1-3H3/p+1/t18-/m0/s1. The van der Waals surface area contributed by atoms with E-state index >= 15 is 0 Å². The summed E-state index contributed by atoms with van der Waals surface area (Å²) in [6.45, 7) is 1.05. The van der Waals surface area contributed by atoms with Crippen LogP contribution in [0.3, 0.4) is 0 Å². The molecule has 0 spiro atoms. The summed E-state index contributed by atoms with van der Waals surface area (Å²) in [6, 6.07) is 12.8. The molecular formula is C20H23N2O3+. The molecule has 0 bridgehead atoms. The molecule has 3 aromatic rings. The zero-order valence-electron chi connectivity index (χ0n) is 14.8. The number of benzene rings is 2. The first-order chi connectivity index (χ1) is 12.3. The van der Waals surface area contributed by atoms with Crippen molar-refractivity contribution in [2.75, 3.05) is 27.9 Å². The van der Waals surface area contributed by atoms with Gasteiger partial charge >= 0.3 is 0 Å². The molecule has 5 heteroatoms. The normalized spacial score (nSPS) is 16.5. The lowest BCUT2D eigenvalue weighted by Gasteiger charge is -2.23.